The number of rotatable bonds is 1. The minimum atomic E-state index is 0.542. The molecule has 0 aliphatic heterocycles. The summed E-state index contributed by atoms with van der Waals surface area (Å²) in [6, 6.07) is 3.85. The van der Waals surface area contributed by atoms with Gasteiger partial charge in [-0.1, -0.05) is 0 Å². The Morgan fingerprint density at radius 1 is 1.31 bits per heavy atom. The summed E-state index contributed by atoms with van der Waals surface area (Å²) in [4.78, 5) is 7.78. The zero-order valence-electron chi connectivity index (χ0n) is 6.75. The van der Waals surface area contributed by atoms with Crippen LogP contribution in [0.25, 0.3) is 5.69 Å². The molecule has 2 rings (SSSR count). The molecule has 0 amide bonds. The van der Waals surface area contributed by atoms with Gasteiger partial charge in [0.1, 0.15) is 6.07 Å². The number of imidazole rings is 1. The van der Waals surface area contributed by atoms with Gasteiger partial charge in [-0.3, -0.25) is 4.98 Å². The molecule has 0 spiro atoms. The SMILES string of the molecule is N#Cc1cnccc1-n1ccnc1. The Kier molecular flexibility index (Phi) is 1.77. The maximum atomic E-state index is 8.79. The second-order valence-electron chi connectivity index (χ2n) is 2.47. The Hall–Kier alpha value is -2.15. The van der Waals surface area contributed by atoms with Crippen molar-refractivity contribution in [3.05, 3.63) is 42.7 Å². The fourth-order valence-corrected chi connectivity index (χ4v) is 1.10. The number of aromatic nitrogens is 3. The van der Waals surface area contributed by atoms with Crippen LogP contribution >= 0.6 is 0 Å². The molecule has 0 aromatic carbocycles. The first kappa shape index (κ1) is 7.50. The molecule has 0 fully saturated rings. The highest BCUT2D eigenvalue weighted by atomic mass is 15.0. The average Bonchev–Trinajstić information content (AvgIpc) is 2.70. The van der Waals surface area contributed by atoms with Crippen LogP contribution in [-0.4, -0.2) is 14.5 Å². The van der Waals surface area contributed by atoms with Gasteiger partial charge in [-0.15, -0.1) is 0 Å². The third-order valence-corrected chi connectivity index (χ3v) is 1.70. The highest BCUT2D eigenvalue weighted by Crippen LogP contribution is 2.10. The van der Waals surface area contributed by atoms with Crippen LogP contribution in [0.2, 0.25) is 0 Å². The van der Waals surface area contributed by atoms with Gasteiger partial charge in [-0.25, -0.2) is 4.98 Å². The Balaban J connectivity index is 2.59. The molecule has 62 valence electrons. The van der Waals surface area contributed by atoms with Gasteiger partial charge in [0.2, 0.25) is 0 Å². The lowest BCUT2D eigenvalue weighted by atomic mass is 10.2. The van der Waals surface area contributed by atoms with Crippen molar-refractivity contribution in [3.63, 3.8) is 0 Å². The van der Waals surface area contributed by atoms with E-state index in [0.29, 0.717) is 5.56 Å². The van der Waals surface area contributed by atoms with Crippen molar-refractivity contribution in [3.8, 4) is 11.8 Å². The predicted molar refractivity (Wildman–Crippen MR) is 46.1 cm³/mol. The standard InChI is InChI=1S/C9H6N4/c10-5-8-6-11-2-1-9(8)13-4-3-12-7-13/h1-4,6-7H. The number of hydrogen-bond donors (Lipinski definition) is 0. The van der Waals surface area contributed by atoms with Crippen LogP contribution in [0.15, 0.2) is 37.2 Å². The molecule has 2 heterocycles. The first-order chi connectivity index (χ1) is 6.42. The van der Waals surface area contributed by atoms with Crippen LogP contribution in [0.3, 0.4) is 0 Å². The molecule has 4 nitrogen and oxygen atoms in total. The predicted octanol–water partition coefficient (Wildman–Crippen LogP) is 1.14. The second-order valence-corrected chi connectivity index (χ2v) is 2.47. The van der Waals surface area contributed by atoms with Crippen molar-refractivity contribution in [2.45, 2.75) is 0 Å². The van der Waals surface area contributed by atoms with Gasteiger partial charge in [-0.05, 0) is 6.07 Å². The molecule has 0 bridgehead atoms. The van der Waals surface area contributed by atoms with Crippen LogP contribution in [0.4, 0.5) is 0 Å². The van der Waals surface area contributed by atoms with Gasteiger partial charge in [0.15, 0.2) is 0 Å². The van der Waals surface area contributed by atoms with Crippen molar-refractivity contribution in [2.75, 3.05) is 0 Å². The summed E-state index contributed by atoms with van der Waals surface area (Å²) in [6.07, 6.45) is 8.29. The van der Waals surface area contributed by atoms with E-state index in [1.165, 1.54) is 6.20 Å². The molecule has 2 aromatic rings. The summed E-state index contributed by atoms with van der Waals surface area (Å²) in [5.41, 5.74) is 1.34. The van der Waals surface area contributed by atoms with Crippen LogP contribution in [0.1, 0.15) is 5.56 Å². The molecule has 0 aliphatic rings. The van der Waals surface area contributed by atoms with E-state index in [1.807, 2.05) is 0 Å². The number of pyridine rings is 1. The molecule has 0 radical (unpaired) electrons. The highest BCUT2D eigenvalue weighted by Gasteiger charge is 2.01. The molecule has 0 aliphatic carbocycles. The van der Waals surface area contributed by atoms with Crippen molar-refractivity contribution < 1.29 is 0 Å². The third kappa shape index (κ3) is 1.27. The summed E-state index contributed by atoms with van der Waals surface area (Å²) in [7, 11) is 0. The fourth-order valence-electron chi connectivity index (χ4n) is 1.10. The molecule has 4 heteroatoms. The number of nitriles is 1. The molecular weight excluding hydrogens is 164 g/mol. The summed E-state index contributed by atoms with van der Waals surface area (Å²) < 4.78 is 1.78. The van der Waals surface area contributed by atoms with E-state index in [2.05, 4.69) is 16.0 Å². The maximum absolute atomic E-state index is 8.79. The monoisotopic (exact) mass is 170 g/mol. The normalized spacial score (nSPS) is 9.46. The largest absolute Gasteiger partial charge is 0.305 e. The van der Waals surface area contributed by atoms with Gasteiger partial charge in [0.25, 0.3) is 0 Å². The third-order valence-electron chi connectivity index (χ3n) is 1.70. The van der Waals surface area contributed by atoms with Crippen LogP contribution in [0, 0.1) is 11.3 Å². The Morgan fingerprint density at radius 2 is 2.23 bits per heavy atom. The fraction of sp³-hybridized carbons (Fsp3) is 0. The number of hydrogen-bond acceptors (Lipinski definition) is 3. The minimum absolute atomic E-state index is 0.542. The molecule has 2 aromatic heterocycles. The Bertz CT molecular complexity index is 439. The average molecular weight is 170 g/mol. The van der Waals surface area contributed by atoms with Crippen LogP contribution in [0.5, 0.6) is 0 Å². The van der Waals surface area contributed by atoms with Gasteiger partial charge < -0.3 is 4.57 Å². The highest BCUT2D eigenvalue weighted by molar-refractivity contribution is 5.46. The van der Waals surface area contributed by atoms with Crippen molar-refractivity contribution >= 4 is 0 Å². The zero-order chi connectivity index (χ0) is 9.10. The maximum Gasteiger partial charge on any atom is 0.103 e. The van der Waals surface area contributed by atoms with Crippen molar-refractivity contribution in [1.29, 1.82) is 5.26 Å². The first-order valence-electron chi connectivity index (χ1n) is 3.74. The van der Waals surface area contributed by atoms with E-state index < -0.39 is 0 Å². The minimum Gasteiger partial charge on any atom is -0.305 e. The quantitative estimate of drug-likeness (QED) is 0.644. The first-order valence-corrected chi connectivity index (χ1v) is 3.74. The van der Waals surface area contributed by atoms with E-state index in [4.69, 9.17) is 5.26 Å². The van der Waals surface area contributed by atoms with Gasteiger partial charge in [0, 0.05) is 24.8 Å². The molecule has 0 N–H and O–H groups in total. The molecule has 0 saturated carbocycles. The number of nitrogens with zero attached hydrogens (tertiary/aromatic N) is 4. The molecule has 13 heavy (non-hydrogen) atoms. The van der Waals surface area contributed by atoms with Crippen LogP contribution in [-0.2, 0) is 0 Å². The smallest absolute Gasteiger partial charge is 0.103 e. The molecular formula is C9H6N4. The van der Waals surface area contributed by atoms with E-state index >= 15 is 0 Å². The lowest BCUT2D eigenvalue weighted by Crippen LogP contribution is -1.94. The Labute approximate surface area is 75.1 Å². The second kappa shape index (κ2) is 3.07. The van der Waals surface area contributed by atoms with Gasteiger partial charge in [-0.2, -0.15) is 5.26 Å². The molecule has 0 atom stereocenters. The van der Waals surface area contributed by atoms with E-state index in [0.717, 1.165) is 5.69 Å². The van der Waals surface area contributed by atoms with Crippen molar-refractivity contribution in [1.82, 2.24) is 14.5 Å². The van der Waals surface area contributed by atoms with Gasteiger partial charge >= 0.3 is 0 Å². The molecule has 0 saturated heterocycles. The van der Waals surface area contributed by atoms with Crippen molar-refractivity contribution in [2.24, 2.45) is 0 Å². The molecule has 0 unspecified atom stereocenters. The van der Waals surface area contributed by atoms with E-state index in [9.17, 15) is 0 Å². The summed E-state index contributed by atoms with van der Waals surface area (Å²) >= 11 is 0. The zero-order valence-corrected chi connectivity index (χ0v) is 6.75. The van der Waals surface area contributed by atoms with Crippen LogP contribution < -0.4 is 0 Å². The van der Waals surface area contributed by atoms with E-state index in [-0.39, 0.29) is 0 Å². The Morgan fingerprint density at radius 3 is 2.92 bits per heavy atom. The van der Waals surface area contributed by atoms with E-state index in [1.54, 1.807) is 35.6 Å². The lowest BCUT2D eigenvalue weighted by Gasteiger charge is -2.01. The summed E-state index contributed by atoms with van der Waals surface area (Å²) in [5.74, 6) is 0. The topological polar surface area (TPSA) is 54.5 Å². The summed E-state index contributed by atoms with van der Waals surface area (Å²) in [6.45, 7) is 0. The van der Waals surface area contributed by atoms with Gasteiger partial charge in [0.05, 0.1) is 17.6 Å². The lowest BCUT2D eigenvalue weighted by molar-refractivity contribution is 1.04. The summed E-state index contributed by atoms with van der Waals surface area (Å²) in [5, 5.41) is 8.79.